The molecule has 1 heterocycles. The molecule has 0 saturated carbocycles. The second-order valence-corrected chi connectivity index (χ2v) is 5.19. The van der Waals surface area contributed by atoms with Crippen molar-refractivity contribution in [1.82, 2.24) is 5.32 Å². The number of hydrogen-bond donors (Lipinski definition) is 2. The molecule has 0 amide bonds. The third-order valence-corrected chi connectivity index (χ3v) is 3.95. The number of nitrogens with one attached hydrogen (secondary N) is 1. The van der Waals surface area contributed by atoms with Gasteiger partial charge >= 0.3 is 0 Å². The van der Waals surface area contributed by atoms with Gasteiger partial charge < -0.3 is 10.4 Å². The minimum absolute atomic E-state index is 0.199. The zero-order valence-corrected chi connectivity index (χ0v) is 10.9. The van der Waals surface area contributed by atoms with Gasteiger partial charge in [0.1, 0.15) is 0 Å². The molecule has 1 aliphatic rings. The Kier molecular flexibility index (Phi) is 3.62. The molecule has 0 spiro atoms. The van der Waals surface area contributed by atoms with Crippen LogP contribution in [-0.2, 0) is 0 Å². The van der Waals surface area contributed by atoms with Gasteiger partial charge in [-0.3, -0.25) is 0 Å². The molecule has 0 aromatic heterocycles. The fourth-order valence-corrected chi connectivity index (χ4v) is 2.72. The maximum absolute atomic E-state index is 9.79. The fourth-order valence-electron chi connectivity index (χ4n) is 2.72. The second kappa shape index (κ2) is 5.55. The SMILES string of the molecule is OC1CNC1CC(c1ccccc1)c1ccccc1. The van der Waals surface area contributed by atoms with Crippen molar-refractivity contribution in [2.24, 2.45) is 0 Å². The van der Waals surface area contributed by atoms with E-state index in [0.717, 1.165) is 13.0 Å². The molecule has 1 saturated heterocycles. The summed E-state index contributed by atoms with van der Waals surface area (Å²) in [5.74, 6) is 0.342. The van der Waals surface area contributed by atoms with Crippen LogP contribution in [0.1, 0.15) is 23.5 Å². The van der Waals surface area contributed by atoms with Gasteiger partial charge in [-0.05, 0) is 17.5 Å². The third-order valence-electron chi connectivity index (χ3n) is 3.95. The third kappa shape index (κ3) is 2.70. The Morgan fingerprint density at radius 2 is 1.47 bits per heavy atom. The summed E-state index contributed by atoms with van der Waals surface area (Å²) in [5.41, 5.74) is 2.63. The quantitative estimate of drug-likeness (QED) is 0.877. The molecule has 0 aliphatic carbocycles. The minimum atomic E-state index is -0.199. The summed E-state index contributed by atoms with van der Waals surface area (Å²) in [6.45, 7) is 0.723. The highest BCUT2D eigenvalue weighted by Crippen LogP contribution is 2.31. The molecule has 2 unspecified atom stereocenters. The van der Waals surface area contributed by atoms with E-state index in [2.05, 4.69) is 53.8 Å². The number of aliphatic hydroxyl groups is 1. The molecule has 19 heavy (non-hydrogen) atoms. The maximum Gasteiger partial charge on any atom is 0.0817 e. The monoisotopic (exact) mass is 253 g/mol. The van der Waals surface area contributed by atoms with E-state index in [4.69, 9.17) is 0 Å². The van der Waals surface area contributed by atoms with Gasteiger partial charge in [-0.25, -0.2) is 0 Å². The lowest BCUT2D eigenvalue weighted by Crippen LogP contribution is -2.57. The molecule has 2 atom stereocenters. The van der Waals surface area contributed by atoms with Crippen LogP contribution in [0.4, 0.5) is 0 Å². The zero-order valence-electron chi connectivity index (χ0n) is 10.9. The molecular weight excluding hydrogens is 234 g/mol. The summed E-state index contributed by atoms with van der Waals surface area (Å²) in [4.78, 5) is 0. The van der Waals surface area contributed by atoms with Crippen LogP contribution in [-0.4, -0.2) is 23.8 Å². The summed E-state index contributed by atoms with van der Waals surface area (Å²) < 4.78 is 0. The van der Waals surface area contributed by atoms with E-state index in [0.29, 0.717) is 5.92 Å². The van der Waals surface area contributed by atoms with Crippen molar-refractivity contribution in [2.75, 3.05) is 6.54 Å². The first-order valence-corrected chi connectivity index (χ1v) is 6.86. The molecule has 0 bridgehead atoms. The first kappa shape index (κ1) is 12.4. The minimum Gasteiger partial charge on any atom is -0.390 e. The van der Waals surface area contributed by atoms with Gasteiger partial charge in [-0.15, -0.1) is 0 Å². The van der Waals surface area contributed by atoms with Crippen LogP contribution in [0.2, 0.25) is 0 Å². The Morgan fingerprint density at radius 3 is 1.84 bits per heavy atom. The Balaban J connectivity index is 1.87. The molecule has 1 aliphatic heterocycles. The Labute approximate surface area is 114 Å². The van der Waals surface area contributed by atoms with Gasteiger partial charge in [0.25, 0.3) is 0 Å². The lowest BCUT2D eigenvalue weighted by atomic mass is 9.83. The molecule has 2 N–H and O–H groups in total. The van der Waals surface area contributed by atoms with Gasteiger partial charge in [0.15, 0.2) is 0 Å². The van der Waals surface area contributed by atoms with Crippen molar-refractivity contribution in [3.05, 3.63) is 71.8 Å². The predicted octanol–water partition coefficient (Wildman–Crippen LogP) is 2.54. The largest absolute Gasteiger partial charge is 0.390 e. The van der Waals surface area contributed by atoms with Crippen LogP contribution in [0.25, 0.3) is 0 Å². The van der Waals surface area contributed by atoms with E-state index in [1.54, 1.807) is 0 Å². The van der Waals surface area contributed by atoms with Gasteiger partial charge in [0.05, 0.1) is 6.10 Å². The highest BCUT2D eigenvalue weighted by molar-refractivity contribution is 5.32. The van der Waals surface area contributed by atoms with Crippen molar-refractivity contribution in [3.63, 3.8) is 0 Å². The number of rotatable bonds is 4. The number of hydrogen-bond acceptors (Lipinski definition) is 2. The second-order valence-electron chi connectivity index (χ2n) is 5.19. The lowest BCUT2D eigenvalue weighted by molar-refractivity contribution is 0.0552. The average molecular weight is 253 g/mol. The molecule has 0 radical (unpaired) electrons. The zero-order chi connectivity index (χ0) is 13.1. The standard InChI is InChI=1S/C17H19NO/c19-17-12-18-16(17)11-15(13-7-3-1-4-8-13)14-9-5-2-6-10-14/h1-10,15-19H,11-12H2. The average Bonchev–Trinajstić information content (AvgIpc) is 2.48. The first-order chi connectivity index (χ1) is 9.34. The van der Waals surface area contributed by atoms with Crippen molar-refractivity contribution in [1.29, 1.82) is 0 Å². The predicted molar refractivity (Wildman–Crippen MR) is 77.1 cm³/mol. The van der Waals surface area contributed by atoms with Gasteiger partial charge in [-0.1, -0.05) is 60.7 Å². The van der Waals surface area contributed by atoms with Gasteiger partial charge in [-0.2, -0.15) is 0 Å². The molecule has 2 aromatic rings. The van der Waals surface area contributed by atoms with E-state index in [9.17, 15) is 5.11 Å². The van der Waals surface area contributed by atoms with Crippen LogP contribution in [0, 0.1) is 0 Å². The summed E-state index contributed by atoms with van der Waals surface area (Å²) in [6.07, 6.45) is 0.741. The molecule has 1 fully saturated rings. The molecule has 3 rings (SSSR count). The van der Waals surface area contributed by atoms with Crippen LogP contribution < -0.4 is 5.32 Å². The summed E-state index contributed by atoms with van der Waals surface area (Å²) in [6, 6.07) is 21.3. The van der Waals surface area contributed by atoms with Crippen molar-refractivity contribution in [2.45, 2.75) is 24.5 Å². The van der Waals surface area contributed by atoms with E-state index in [1.165, 1.54) is 11.1 Å². The highest BCUT2D eigenvalue weighted by Gasteiger charge is 2.31. The topological polar surface area (TPSA) is 32.3 Å². The van der Waals surface area contributed by atoms with E-state index >= 15 is 0 Å². The highest BCUT2D eigenvalue weighted by atomic mass is 16.3. The first-order valence-electron chi connectivity index (χ1n) is 6.86. The number of benzene rings is 2. The molecule has 2 aromatic carbocycles. The Morgan fingerprint density at radius 1 is 0.947 bits per heavy atom. The van der Waals surface area contributed by atoms with Crippen molar-refractivity contribution < 1.29 is 5.11 Å². The van der Waals surface area contributed by atoms with Crippen molar-refractivity contribution >= 4 is 0 Å². The van der Waals surface area contributed by atoms with Crippen LogP contribution in [0.15, 0.2) is 60.7 Å². The fraction of sp³-hybridized carbons (Fsp3) is 0.294. The molecular formula is C17H19NO. The number of β-amino-alcohol motifs (C(OH)–C–C–N with tert-alkyl or cyclic N) is 1. The summed E-state index contributed by atoms with van der Waals surface area (Å²) in [7, 11) is 0. The van der Waals surface area contributed by atoms with Gasteiger partial charge in [0.2, 0.25) is 0 Å². The normalized spacial score (nSPS) is 22.2. The molecule has 98 valence electrons. The lowest BCUT2D eigenvalue weighted by Gasteiger charge is -2.36. The van der Waals surface area contributed by atoms with Crippen LogP contribution in [0.5, 0.6) is 0 Å². The van der Waals surface area contributed by atoms with E-state index in [-0.39, 0.29) is 12.1 Å². The smallest absolute Gasteiger partial charge is 0.0817 e. The van der Waals surface area contributed by atoms with Crippen LogP contribution in [0.3, 0.4) is 0 Å². The Hall–Kier alpha value is -1.64. The van der Waals surface area contributed by atoms with Gasteiger partial charge in [0, 0.05) is 18.5 Å². The van der Waals surface area contributed by atoms with Crippen molar-refractivity contribution in [3.8, 4) is 0 Å². The molecule has 2 nitrogen and oxygen atoms in total. The van der Waals surface area contributed by atoms with E-state index in [1.807, 2.05) is 12.1 Å². The summed E-state index contributed by atoms with van der Waals surface area (Å²) in [5, 5.41) is 13.1. The summed E-state index contributed by atoms with van der Waals surface area (Å²) >= 11 is 0. The molecule has 2 heteroatoms. The maximum atomic E-state index is 9.79. The van der Waals surface area contributed by atoms with Crippen LogP contribution >= 0.6 is 0 Å². The van der Waals surface area contributed by atoms with E-state index < -0.39 is 0 Å². The number of aliphatic hydroxyl groups excluding tert-OH is 1. The Bertz CT molecular complexity index is 472.